The molecule has 176 valence electrons. The number of carbonyl (C=O) groups excluding carboxylic acids is 3. The van der Waals surface area contributed by atoms with E-state index in [1.807, 2.05) is 11.8 Å². The Morgan fingerprint density at radius 1 is 0.906 bits per heavy atom. The SMILES string of the molecule is CCOc1ccc(C(=O)NCC(=O)OCC(=O)N(C2CCCCC2)C2CCCCC2)cc1. The molecular weight excluding hydrogens is 408 g/mol. The van der Waals surface area contributed by atoms with E-state index in [0.717, 1.165) is 51.4 Å². The van der Waals surface area contributed by atoms with Crippen LogP contribution in [0.3, 0.4) is 0 Å². The smallest absolute Gasteiger partial charge is 0.325 e. The van der Waals surface area contributed by atoms with Gasteiger partial charge in [0, 0.05) is 17.6 Å². The fourth-order valence-electron chi connectivity index (χ4n) is 4.82. The molecule has 32 heavy (non-hydrogen) atoms. The van der Waals surface area contributed by atoms with Crippen LogP contribution in [0.4, 0.5) is 0 Å². The van der Waals surface area contributed by atoms with Crippen molar-refractivity contribution < 1.29 is 23.9 Å². The summed E-state index contributed by atoms with van der Waals surface area (Å²) in [5, 5.41) is 2.55. The molecule has 0 radical (unpaired) electrons. The van der Waals surface area contributed by atoms with Crippen LogP contribution >= 0.6 is 0 Å². The molecular formula is C25H36N2O5. The average Bonchev–Trinajstić information content (AvgIpc) is 2.83. The molecule has 1 aromatic rings. The Balaban J connectivity index is 1.47. The van der Waals surface area contributed by atoms with E-state index in [0.29, 0.717) is 17.9 Å². The van der Waals surface area contributed by atoms with Crippen molar-refractivity contribution in [3.05, 3.63) is 29.8 Å². The highest BCUT2D eigenvalue weighted by molar-refractivity contribution is 5.96. The van der Waals surface area contributed by atoms with E-state index in [-0.39, 0.29) is 37.0 Å². The molecule has 2 aliphatic carbocycles. The summed E-state index contributed by atoms with van der Waals surface area (Å²) in [6.45, 7) is 1.91. The Bertz CT molecular complexity index is 734. The first-order valence-corrected chi connectivity index (χ1v) is 12.1. The maximum Gasteiger partial charge on any atom is 0.325 e. The van der Waals surface area contributed by atoms with Crippen molar-refractivity contribution in [2.75, 3.05) is 19.8 Å². The Morgan fingerprint density at radius 2 is 1.47 bits per heavy atom. The van der Waals surface area contributed by atoms with E-state index in [4.69, 9.17) is 9.47 Å². The third kappa shape index (κ3) is 6.97. The summed E-state index contributed by atoms with van der Waals surface area (Å²) in [4.78, 5) is 39.5. The van der Waals surface area contributed by atoms with Gasteiger partial charge in [0.25, 0.3) is 11.8 Å². The lowest BCUT2D eigenvalue weighted by molar-refractivity contribution is -0.154. The monoisotopic (exact) mass is 444 g/mol. The first kappa shape index (κ1) is 24.1. The molecule has 0 bridgehead atoms. The molecule has 1 N–H and O–H groups in total. The lowest BCUT2D eigenvalue weighted by Crippen LogP contribution is -2.50. The Hall–Kier alpha value is -2.57. The fraction of sp³-hybridized carbons (Fsp3) is 0.640. The van der Waals surface area contributed by atoms with Crippen molar-refractivity contribution in [2.45, 2.75) is 83.2 Å². The van der Waals surface area contributed by atoms with Crippen molar-refractivity contribution in [2.24, 2.45) is 0 Å². The normalized spacial score (nSPS) is 17.4. The van der Waals surface area contributed by atoms with Crippen LogP contribution in [0.2, 0.25) is 0 Å². The van der Waals surface area contributed by atoms with E-state index < -0.39 is 5.97 Å². The molecule has 7 heteroatoms. The van der Waals surface area contributed by atoms with Gasteiger partial charge in [-0.05, 0) is 56.9 Å². The van der Waals surface area contributed by atoms with Crippen molar-refractivity contribution >= 4 is 17.8 Å². The van der Waals surface area contributed by atoms with Gasteiger partial charge in [0.15, 0.2) is 6.61 Å². The number of nitrogens with one attached hydrogen (secondary N) is 1. The van der Waals surface area contributed by atoms with Gasteiger partial charge < -0.3 is 19.7 Å². The lowest BCUT2D eigenvalue weighted by atomic mass is 9.88. The zero-order valence-corrected chi connectivity index (χ0v) is 19.1. The second kappa shape index (κ2) is 12.5. The number of hydrogen-bond donors (Lipinski definition) is 1. The van der Waals surface area contributed by atoms with Gasteiger partial charge in [-0.1, -0.05) is 38.5 Å². The van der Waals surface area contributed by atoms with Gasteiger partial charge in [0.05, 0.1) is 6.61 Å². The number of ether oxygens (including phenoxy) is 2. The van der Waals surface area contributed by atoms with Gasteiger partial charge in [-0.2, -0.15) is 0 Å². The number of amides is 2. The minimum atomic E-state index is -0.607. The highest BCUT2D eigenvalue weighted by atomic mass is 16.5. The van der Waals surface area contributed by atoms with Crippen LogP contribution in [-0.4, -0.2) is 54.5 Å². The molecule has 0 atom stereocenters. The summed E-state index contributed by atoms with van der Waals surface area (Å²) in [5.41, 5.74) is 0.429. The summed E-state index contributed by atoms with van der Waals surface area (Å²) in [6, 6.07) is 7.22. The minimum absolute atomic E-state index is 0.102. The molecule has 0 spiro atoms. The van der Waals surface area contributed by atoms with E-state index in [1.54, 1.807) is 24.3 Å². The van der Waals surface area contributed by atoms with E-state index in [9.17, 15) is 14.4 Å². The third-order valence-electron chi connectivity index (χ3n) is 6.40. The topological polar surface area (TPSA) is 84.9 Å². The van der Waals surface area contributed by atoms with Crippen LogP contribution < -0.4 is 10.1 Å². The number of rotatable bonds is 9. The average molecular weight is 445 g/mol. The zero-order valence-electron chi connectivity index (χ0n) is 19.1. The Kier molecular flexibility index (Phi) is 9.38. The molecule has 3 rings (SSSR count). The highest BCUT2D eigenvalue weighted by Crippen LogP contribution is 2.30. The molecule has 2 fully saturated rings. The van der Waals surface area contributed by atoms with Crippen molar-refractivity contribution in [1.82, 2.24) is 10.2 Å². The van der Waals surface area contributed by atoms with Gasteiger partial charge in [0.1, 0.15) is 12.3 Å². The van der Waals surface area contributed by atoms with Crippen LogP contribution in [-0.2, 0) is 14.3 Å². The largest absolute Gasteiger partial charge is 0.494 e. The van der Waals surface area contributed by atoms with Gasteiger partial charge in [-0.15, -0.1) is 0 Å². The number of esters is 1. The predicted octanol–water partition coefficient (Wildman–Crippen LogP) is 3.85. The summed E-state index contributed by atoms with van der Waals surface area (Å²) < 4.78 is 10.6. The van der Waals surface area contributed by atoms with Crippen LogP contribution in [0.1, 0.15) is 81.5 Å². The Morgan fingerprint density at radius 3 is 2.00 bits per heavy atom. The van der Waals surface area contributed by atoms with Crippen molar-refractivity contribution in [1.29, 1.82) is 0 Å². The van der Waals surface area contributed by atoms with Gasteiger partial charge in [-0.3, -0.25) is 14.4 Å². The molecule has 0 unspecified atom stereocenters. The number of nitrogens with zero attached hydrogens (tertiary/aromatic N) is 1. The van der Waals surface area contributed by atoms with Crippen LogP contribution in [0, 0.1) is 0 Å². The van der Waals surface area contributed by atoms with Gasteiger partial charge in [0.2, 0.25) is 0 Å². The van der Waals surface area contributed by atoms with E-state index >= 15 is 0 Å². The predicted molar refractivity (Wildman–Crippen MR) is 121 cm³/mol. The quantitative estimate of drug-likeness (QED) is 0.585. The highest BCUT2D eigenvalue weighted by Gasteiger charge is 2.32. The summed E-state index contributed by atoms with van der Waals surface area (Å²) in [6.07, 6.45) is 11.2. The molecule has 2 amide bonds. The minimum Gasteiger partial charge on any atom is -0.494 e. The van der Waals surface area contributed by atoms with E-state index in [1.165, 1.54) is 12.8 Å². The summed E-state index contributed by atoms with van der Waals surface area (Å²) in [7, 11) is 0. The standard InChI is InChI=1S/C25H36N2O5/c1-2-31-22-15-13-19(14-16-22)25(30)26-17-24(29)32-18-23(28)27(20-9-5-3-6-10-20)21-11-7-4-8-12-21/h13-16,20-21H,2-12,17-18H2,1H3,(H,26,30). The molecule has 2 saturated carbocycles. The molecule has 0 aromatic heterocycles. The second-order valence-corrected chi connectivity index (χ2v) is 8.69. The third-order valence-corrected chi connectivity index (χ3v) is 6.40. The first-order chi connectivity index (χ1) is 15.6. The van der Waals surface area contributed by atoms with Crippen molar-refractivity contribution in [3.63, 3.8) is 0 Å². The van der Waals surface area contributed by atoms with Gasteiger partial charge in [-0.25, -0.2) is 0 Å². The number of hydrogen-bond acceptors (Lipinski definition) is 5. The molecule has 0 heterocycles. The maximum atomic E-state index is 13.0. The van der Waals surface area contributed by atoms with Crippen LogP contribution in [0.15, 0.2) is 24.3 Å². The summed E-state index contributed by atoms with van der Waals surface area (Å²) >= 11 is 0. The molecule has 0 aliphatic heterocycles. The number of benzene rings is 1. The molecule has 1 aromatic carbocycles. The summed E-state index contributed by atoms with van der Waals surface area (Å²) in [5.74, 6) is -0.398. The fourth-order valence-corrected chi connectivity index (χ4v) is 4.82. The van der Waals surface area contributed by atoms with Crippen LogP contribution in [0.5, 0.6) is 5.75 Å². The second-order valence-electron chi connectivity index (χ2n) is 8.69. The lowest BCUT2D eigenvalue weighted by Gasteiger charge is -2.41. The molecule has 2 aliphatic rings. The maximum absolute atomic E-state index is 13.0. The van der Waals surface area contributed by atoms with Gasteiger partial charge >= 0.3 is 5.97 Å². The van der Waals surface area contributed by atoms with E-state index in [2.05, 4.69) is 5.32 Å². The zero-order chi connectivity index (χ0) is 22.8. The molecule has 7 nitrogen and oxygen atoms in total. The first-order valence-electron chi connectivity index (χ1n) is 12.1. The number of carbonyl (C=O) groups is 3. The Labute approximate surface area is 190 Å². The van der Waals surface area contributed by atoms with Crippen LogP contribution in [0.25, 0.3) is 0 Å². The van der Waals surface area contributed by atoms with Crippen molar-refractivity contribution in [3.8, 4) is 5.75 Å². The molecule has 0 saturated heterocycles.